The molecule has 242 valence electrons. The van der Waals surface area contributed by atoms with Crippen LogP contribution in [0.2, 0.25) is 0 Å². The second kappa shape index (κ2) is 30.8. The number of sulfonamides is 3. The number of hydrogen-bond donors (Lipinski definition) is 5. The fourth-order valence-corrected chi connectivity index (χ4v) is 1.58. The van der Waals surface area contributed by atoms with E-state index in [1.165, 1.54) is 0 Å². The van der Waals surface area contributed by atoms with Crippen molar-refractivity contribution < 1.29 is 62.7 Å². The molecule has 0 unspecified atom stereocenters. The van der Waals surface area contributed by atoms with Crippen molar-refractivity contribution in [3.05, 3.63) is 0 Å². The summed E-state index contributed by atoms with van der Waals surface area (Å²) in [5.74, 6) is -1.92. The van der Waals surface area contributed by atoms with Gasteiger partial charge in [0.1, 0.15) is 0 Å². The van der Waals surface area contributed by atoms with Gasteiger partial charge in [0.25, 0.3) is 0 Å². The Bertz CT molecular complexity index is 910. The summed E-state index contributed by atoms with van der Waals surface area (Å²) >= 11 is 9.53. The van der Waals surface area contributed by atoms with E-state index in [1.54, 1.807) is 23.3 Å². The summed E-state index contributed by atoms with van der Waals surface area (Å²) in [4.78, 5) is 38.6. The largest absolute Gasteiger partial charge is 0.481 e. The topological polar surface area (TPSA) is 267 Å². The lowest BCUT2D eigenvalue weighted by atomic mass is 10.5. The Labute approximate surface area is 238 Å². The number of nitrogens with one attached hydrogen (secondary N) is 2. The minimum absolute atomic E-state index is 0. The maximum absolute atomic E-state index is 10.4. The van der Waals surface area contributed by atoms with Crippen LogP contribution in [0.25, 0.3) is 0 Å². The quantitative estimate of drug-likeness (QED) is 0.193. The standard InChI is InChI=1S/C4H9NO3S.C3H8N2O3S.C3H6O2.C2HF3O.CH2Cl2.CH5NO2S.2CH4/c1-3-4(6)5-9(2,7)8;1-9(7,8)5-3(6)2-4;1-2-3(4)5;3-2(4,5)1-6;2-1-3;1-5(2,3)4;;/h3H2,1-2H3,(H,5,6);2,4H2,1H3,(H,5,6);2H2,1H3,(H,4,5);1H;1H2;1H3,(H2,2,3,4);2*1H4. The zero-order valence-corrected chi connectivity index (χ0v) is 24.2. The fourth-order valence-electron chi connectivity index (χ4n) is 0.527. The number of alkyl halides is 5. The number of amides is 2. The zero-order chi connectivity index (χ0) is 31.7. The maximum atomic E-state index is 10.4. The highest BCUT2D eigenvalue weighted by atomic mass is 35.5. The number of carboxylic acids is 1. The Morgan fingerprint density at radius 1 is 0.846 bits per heavy atom. The molecule has 0 radical (unpaired) electrons. The molecule has 15 nitrogen and oxygen atoms in total. The minimum Gasteiger partial charge on any atom is -0.481 e. The Balaban J connectivity index is -0.0000000504. The average Bonchev–Trinajstić information content (AvgIpc) is 2.65. The van der Waals surface area contributed by atoms with Crippen molar-refractivity contribution in [3.8, 4) is 0 Å². The molecule has 0 aromatic carbocycles. The van der Waals surface area contributed by atoms with Gasteiger partial charge in [-0.05, 0) is 0 Å². The number of hydrogen-bond acceptors (Lipinski definition) is 11. The van der Waals surface area contributed by atoms with Gasteiger partial charge >= 0.3 is 12.1 Å². The number of carbonyl (C=O) groups excluding carboxylic acids is 3. The number of halogens is 5. The first-order chi connectivity index (χ1) is 16.2. The number of aldehydes is 1. The van der Waals surface area contributed by atoms with Crippen LogP contribution in [0.4, 0.5) is 13.2 Å². The van der Waals surface area contributed by atoms with Crippen LogP contribution in [0.15, 0.2) is 0 Å². The highest BCUT2D eigenvalue weighted by Gasteiger charge is 2.24. The SMILES string of the molecule is C.C.CCC(=O)NS(C)(=O)=O.CCC(=O)O.CS(=O)(=O)NC(=O)CN.CS(N)(=O)=O.ClCCl.O=CC(F)(F)F. The lowest BCUT2D eigenvalue weighted by Gasteiger charge is -1.96. The van der Waals surface area contributed by atoms with E-state index in [-0.39, 0.29) is 39.6 Å². The fraction of sp³-hybridized carbons (Fsp3) is 0.750. The number of nitrogens with two attached hydrogens (primary N) is 2. The molecule has 0 aromatic rings. The molecule has 0 spiro atoms. The van der Waals surface area contributed by atoms with E-state index in [0.29, 0.717) is 0 Å². The van der Waals surface area contributed by atoms with Crippen LogP contribution in [0.3, 0.4) is 0 Å². The summed E-state index contributed by atoms with van der Waals surface area (Å²) in [5.41, 5.74) is 4.80. The summed E-state index contributed by atoms with van der Waals surface area (Å²) in [5, 5.41) is 12.2. The zero-order valence-electron chi connectivity index (χ0n) is 20.2. The summed E-state index contributed by atoms with van der Waals surface area (Å²) in [6, 6.07) is 0. The molecule has 7 N–H and O–H groups in total. The number of carboxylic acid groups (broad SMARTS) is 1. The van der Waals surface area contributed by atoms with E-state index in [4.69, 9.17) is 38.8 Å². The molecule has 0 saturated carbocycles. The van der Waals surface area contributed by atoms with Crippen molar-refractivity contribution in [3.63, 3.8) is 0 Å². The Morgan fingerprint density at radius 2 is 1.05 bits per heavy atom. The minimum atomic E-state index is -4.64. The van der Waals surface area contributed by atoms with Gasteiger partial charge in [0.05, 0.1) is 30.7 Å². The molecule has 0 aliphatic carbocycles. The molecule has 2 amide bonds. The van der Waals surface area contributed by atoms with Crippen LogP contribution in [0, 0.1) is 0 Å². The van der Waals surface area contributed by atoms with E-state index < -0.39 is 60.3 Å². The summed E-state index contributed by atoms with van der Waals surface area (Å²) in [6.07, 6.45) is -2.52. The summed E-state index contributed by atoms with van der Waals surface area (Å²) in [7, 11) is -9.92. The predicted octanol–water partition coefficient (Wildman–Crippen LogP) is 0.320. The average molecular weight is 688 g/mol. The number of rotatable bonds is 5. The van der Waals surface area contributed by atoms with Crippen LogP contribution in [-0.4, -0.2) is 91.3 Å². The first-order valence-corrected chi connectivity index (χ1v) is 15.5. The number of carbonyl (C=O) groups is 4. The molecule has 0 aromatic heterocycles. The van der Waals surface area contributed by atoms with E-state index in [1.807, 2.05) is 0 Å². The molecule has 0 atom stereocenters. The first-order valence-electron chi connectivity index (χ1n) is 8.71. The molecule has 0 heterocycles. The van der Waals surface area contributed by atoms with Crippen LogP contribution in [0.1, 0.15) is 41.5 Å². The molecule has 0 rings (SSSR count). The Morgan fingerprint density at radius 3 is 1.10 bits per heavy atom. The van der Waals surface area contributed by atoms with Gasteiger partial charge in [0, 0.05) is 12.8 Å². The van der Waals surface area contributed by atoms with Crippen LogP contribution in [-0.2, 0) is 49.2 Å². The van der Waals surface area contributed by atoms with Crippen LogP contribution < -0.4 is 20.3 Å². The van der Waals surface area contributed by atoms with Gasteiger partial charge in [-0.3, -0.25) is 28.6 Å². The maximum Gasteiger partial charge on any atom is 0.446 e. The molecule has 0 aliphatic rings. The lowest BCUT2D eigenvalue weighted by molar-refractivity contribution is -0.156. The van der Waals surface area contributed by atoms with Crippen molar-refractivity contribution in [1.82, 2.24) is 9.44 Å². The van der Waals surface area contributed by atoms with Gasteiger partial charge in [0.2, 0.25) is 48.2 Å². The van der Waals surface area contributed by atoms with Crippen molar-refractivity contribution in [2.45, 2.75) is 47.7 Å². The van der Waals surface area contributed by atoms with Gasteiger partial charge in [-0.15, -0.1) is 23.2 Å². The molecular weight excluding hydrogens is 648 g/mol. The lowest BCUT2D eigenvalue weighted by Crippen LogP contribution is -2.34. The van der Waals surface area contributed by atoms with Gasteiger partial charge in [0.15, 0.2) is 0 Å². The van der Waals surface area contributed by atoms with Crippen molar-refractivity contribution in [1.29, 1.82) is 0 Å². The normalized spacial score (nSPS) is 9.64. The molecule has 0 fully saturated rings. The Hall–Kier alpha value is -1.78. The van der Waals surface area contributed by atoms with Gasteiger partial charge < -0.3 is 10.8 Å². The van der Waals surface area contributed by atoms with Crippen molar-refractivity contribution in [2.24, 2.45) is 10.9 Å². The van der Waals surface area contributed by atoms with Gasteiger partial charge in [-0.1, -0.05) is 28.7 Å². The number of primary sulfonamides is 1. The molecule has 23 heteroatoms. The smallest absolute Gasteiger partial charge is 0.446 e. The highest BCUT2D eigenvalue weighted by molar-refractivity contribution is 7.89. The van der Waals surface area contributed by atoms with Gasteiger partial charge in [-0.25, -0.2) is 30.4 Å². The molecular formula is C16H39Cl2F3N4O11S3. The third kappa shape index (κ3) is 143. The van der Waals surface area contributed by atoms with E-state index in [9.17, 15) is 52.8 Å². The molecule has 0 aliphatic heterocycles. The summed E-state index contributed by atoms with van der Waals surface area (Å²) in [6.45, 7) is 2.87. The predicted molar refractivity (Wildman–Crippen MR) is 144 cm³/mol. The van der Waals surface area contributed by atoms with E-state index in [0.717, 1.165) is 18.8 Å². The van der Waals surface area contributed by atoms with Crippen molar-refractivity contribution in [2.75, 3.05) is 30.7 Å². The third-order valence-corrected chi connectivity index (χ3v) is 2.74. The second-order valence-electron chi connectivity index (χ2n) is 5.49. The first kappa shape index (κ1) is 57.2. The monoisotopic (exact) mass is 686 g/mol. The second-order valence-corrected chi connectivity index (χ2v) is 11.5. The van der Waals surface area contributed by atoms with Crippen LogP contribution >= 0.6 is 23.2 Å². The molecule has 39 heavy (non-hydrogen) atoms. The van der Waals surface area contributed by atoms with Gasteiger partial charge in [-0.2, -0.15) is 13.2 Å². The Kier molecular flexibility index (Phi) is 45.1. The van der Waals surface area contributed by atoms with Crippen LogP contribution in [0.5, 0.6) is 0 Å². The third-order valence-electron chi connectivity index (χ3n) is 1.54. The van der Waals surface area contributed by atoms with Crippen molar-refractivity contribution >= 4 is 77.3 Å². The van der Waals surface area contributed by atoms with E-state index in [2.05, 4.69) is 5.14 Å². The number of aliphatic carboxylic acids is 1. The molecule has 0 saturated heterocycles. The highest BCUT2D eigenvalue weighted by Crippen LogP contribution is 2.08. The molecule has 0 bridgehead atoms. The van der Waals surface area contributed by atoms with E-state index >= 15 is 0 Å². The summed E-state index contributed by atoms with van der Waals surface area (Å²) < 4.78 is 94.5.